The van der Waals surface area contributed by atoms with Crippen molar-refractivity contribution in [3.63, 3.8) is 0 Å². The molecular weight excluding hydrogens is 286 g/mol. The highest BCUT2D eigenvalue weighted by molar-refractivity contribution is 6.30. The molecule has 2 N–H and O–H groups in total. The van der Waals surface area contributed by atoms with Gasteiger partial charge >= 0.3 is 6.61 Å². The summed E-state index contributed by atoms with van der Waals surface area (Å²) in [6.07, 6.45) is 1.82. The Hall–Kier alpha value is -0.910. The van der Waals surface area contributed by atoms with E-state index >= 15 is 0 Å². The summed E-state index contributed by atoms with van der Waals surface area (Å²) in [5, 5.41) is 0.517. The molecule has 1 saturated heterocycles. The predicted octanol–water partition coefficient (Wildman–Crippen LogP) is 3.25. The molecule has 1 aliphatic rings. The molecule has 6 heteroatoms. The standard InChI is InChI=1S/C14H19ClF2N2O/c1-9-6-12(18)4-5-19(9)8-10-7-11(15)2-3-13(10)20-14(16)17/h2-3,7,9,12,14H,4-6,8,18H2,1H3. The molecule has 1 heterocycles. The fourth-order valence-corrected chi connectivity index (χ4v) is 2.79. The van der Waals surface area contributed by atoms with Gasteiger partial charge in [0.1, 0.15) is 5.75 Å². The van der Waals surface area contributed by atoms with Crippen LogP contribution in [-0.2, 0) is 6.54 Å². The fourth-order valence-electron chi connectivity index (χ4n) is 2.59. The minimum atomic E-state index is -2.83. The van der Waals surface area contributed by atoms with Gasteiger partial charge in [0.2, 0.25) is 0 Å². The maximum absolute atomic E-state index is 12.4. The second-order valence-electron chi connectivity index (χ2n) is 5.23. The van der Waals surface area contributed by atoms with Crippen molar-refractivity contribution in [3.8, 4) is 5.75 Å². The summed E-state index contributed by atoms with van der Waals surface area (Å²) in [5.74, 6) is 0.187. The molecule has 2 atom stereocenters. The van der Waals surface area contributed by atoms with E-state index in [-0.39, 0.29) is 11.8 Å². The lowest BCUT2D eigenvalue weighted by Crippen LogP contribution is -2.45. The van der Waals surface area contributed by atoms with Crippen molar-refractivity contribution in [3.05, 3.63) is 28.8 Å². The zero-order valence-corrected chi connectivity index (χ0v) is 12.1. The van der Waals surface area contributed by atoms with E-state index in [4.69, 9.17) is 17.3 Å². The van der Waals surface area contributed by atoms with Crippen LogP contribution < -0.4 is 10.5 Å². The Morgan fingerprint density at radius 1 is 1.50 bits per heavy atom. The second kappa shape index (κ2) is 6.70. The number of hydrogen-bond donors (Lipinski definition) is 1. The molecule has 2 rings (SSSR count). The van der Waals surface area contributed by atoms with Gasteiger partial charge in [-0.05, 0) is 38.0 Å². The molecule has 112 valence electrons. The average molecular weight is 305 g/mol. The van der Waals surface area contributed by atoms with Crippen molar-refractivity contribution in [2.75, 3.05) is 6.54 Å². The van der Waals surface area contributed by atoms with Crippen LogP contribution in [0.5, 0.6) is 5.75 Å². The second-order valence-corrected chi connectivity index (χ2v) is 5.67. The number of rotatable bonds is 4. The molecule has 20 heavy (non-hydrogen) atoms. The Morgan fingerprint density at radius 2 is 2.25 bits per heavy atom. The van der Waals surface area contributed by atoms with Gasteiger partial charge in [0.05, 0.1) is 0 Å². The van der Waals surface area contributed by atoms with Crippen molar-refractivity contribution >= 4 is 11.6 Å². The molecule has 1 aliphatic heterocycles. The lowest BCUT2D eigenvalue weighted by atomic mass is 9.98. The maximum Gasteiger partial charge on any atom is 0.387 e. The molecule has 0 aliphatic carbocycles. The van der Waals surface area contributed by atoms with E-state index in [0.29, 0.717) is 23.2 Å². The van der Waals surface area contributed by atoms with Crippen molar-refractivity contribution < 1.29 is 13.5 Å². The molecule has 0 aromatic heterocycles. The van der Waals surface area contributed by atoms with E-state index < -0.39 is 6.61 Å². The number of nitrogens with two attached hydrogens (primary N) is 1. The van der Waals surface area contributed by atoms with E-state index in [1.807, 2.05) is 0 Å². The normalized spacial score (nSPS) is 24.1. The molecular formula is C14H19ClF2N2O. The lowest BCUT2D eigenvalue weighted by Gasteiger charge is -2.36. The molecule has 0 bridgehead atoms. The molecule has 1 aromatic carbocycles. The molecule has 1 fully saturated rings. The van der Waals surface area contributed by atoms with Crippen LogP contribution in [0.4, 0.5) is 8.78 Å². The summed E-state index contributed by atoms with van der Waals surface area (Å²) in [7, 11) is 0. The van der Waals surface area contributed by atoms with Crippen molar-refractivity contribution in [1.29, 1.82) is 0 Å². The average Bonchev–Trinajstić information content (AvgIpc) is 2.35. The highest BCUT2D eigenvalue weighted by Gasteiger charge is 2.24. The predicted molar refractivity (Wildman–Crippen MR) is 75.2 cm³/mol. The van der Waals surface area contributed by atoms with Gasteiger partial charge in [-0.15, -0.1) is 0 Å². The summed E-state index contributed by atoms with van der Waals surface area (Å²) < 4.78 is 29.4. The van der Waals surface area contributed by atoms with Crippen molar-refractivity contribution in [2.24, 2.45) is 5.73 Å². The summed E-state index contributed by atoms with van der Waals surface area (Å²) in [4.78, 5) is 2.22. The molecule has 0 amide bonds. The number of nitrogens with zero attached hydrogens (tertiary/aromatic N) is 1. The van der Waals surface area contributed by atoms with Gasteiger partial charge in [-0.2, -0.15) is 8.78 Å². The Labute approximate surface area is 122 Å². The third kappa shape index (κ3) is 4.04. The molecule has 0 radical (unpaired) electrons. The number of benzene rings is 1. The summed E-state index contributed by atoms with van der Waals surface area (Å²) in [5.41, 5.74) is 6.61. The monoisotopic (exact) mass is 304 g/mol. The first-order valence-electron chi connectivity index (χ1n) is 6.68. The first kappa shape index (κ1) is 15.5. The maximum atomic E-state index is 12.4. The van der Waals surface area contributed by atoms with Gasteiger partial charge in [-0.3, -0.25) is 4.90 Å². The lowest BCUT2D eigenvalue weighted by molar-refractivity contribution is -0.0509. The molecule has 1 aromatic rings. The minimum Gasteiger partial charge on any atom is -0.434 e. The number of halogens is 3. The zero-order valence-electron chi connectivity index (χ0n) is 11.4. The number of alkyl halides is 2. The third-order valence-corrected chi connectivity index (χ3v) is 3.90. The zero-order chi connectivity index (χ0) is 14.7. The van der Waals surface area contributed by atoms with E-state index in [0.717, 1.165) is 19.4 Å². The smallest absolute Gasteiger partial charge is 0.387 e. The summed E-state index contributed by atoms with van der Waals surface area (Å²) in [6, 6.07) is 5.26. The number of piperidine rings is 1. The van der Waals surface area contributed by atoms with Crippen LogP contribution in [0.15, 0.2) is 18.2 Å². The van der Waals surface area contributed by atoms with Gasteiger partial charge in [-0.25, -0.2) is 0 Å². The van der Waals surface area contributed by atoms with Gasteiger partial charge in [0.15, 0.2) is 0 Å². The Balaban J connectivity index is 2.13. The van der Waals surface area contributed by atoms with Crippen LogP contribution in [0.3, 0.4) is 0 Å². The summed E-state index contributed by atoms with van der Waals surface area (Å²) in [6.45, 7) is 0.651. The Kier molecular flexibility index (Phi) is 5.18. The highest BCUT2D eigenvalue weighted by Crippen LogP contribution is 2.28. The fraction of sp³-hybridized carbons (Fsp3) is 0.571. The van der Waals surface area contributed by atoms with Crippen molar-refractivity contribution in [1.82, 2.24) is 4.90 Å². The van der Waals surface area contributed by atoms with E-state index in [1.165, 1.54) is 6.07 Å². The van der Waals surface area contributed by atoms with Crippen LogP contribution in [0.1, 0.15) is 25.3 Å². The Bertz CT molecular complexity index is 459. The molecule has 0 saturated carbocycles. The van der Waals surface area contributed by atoms with Crippen LogP contribution in [0.25, 0.3) is 0 Å². The first-order chi connectivity index (χ1) is 9.45. The van der Waals surface area contributed by atoms with Gasteiger partial charge in [-0.1, -0.05) is 11.6 Å². The first-order valence-corrected chi connectivity index (χ1v) is 7.06. The van der Waals surface area contributed by atoms with Gasteiger partial charge < -0.3 is 10.5 Å². The van der Waals surface area contributed by atoms with Crippen LogP contribution in [0, 0.1) is 0 Å². The number of likely N-dealkylation sites (tertiary alicyclic amines) is 1. The SMILES string of the molecule is CC1CC(N)CCN1Cc1cc(Cl)ccc1OC(F)F. The van der Waals surface area contributed by atoms with Gasteiger partial charge in [0.25, 0.3) is 0 Å². The largest absolute Gasteiger partial charge is 0.434 e. The van der Waals surface area contributed by atoms with E-state index in [2.05, 4.69) is 16.6 Å². The van der Waals surface area contributed by atoms with Crippen molar-refractivity contribution in [2.45, 2.75) is 45.0 Å². The van der Waals surface area contributed by atoms with E-state index in [9.17, 15) is 8.78 Å². The van der Waals surface area contributed by atoms with Crippen LogP contribution >= 0.6 is 11.6 Å². The third-order valence-electron chi connectivity index (χ3n) is 3.67. The molecule has 3 nitrogen and oxygen atoms in total. The topological polar surface area (TPSA) is 38.5 Å². The van der Waals surface area contributed by atoms with Crippen LogP contribution in [0.2, 0.25) is 5.02 Å². The molecule has 0 spiro atoms. The Morgan fingerprint density at radius 3 is 2.90 bits per heavy atom. The summed E-state index contributed by atoms with van der Waals surface area (Å²) >= 11 is 5.95. The van der Waals surface area contributed by atoms with E-state index in [1.54, 1.807) is 12.1 Å². The number of ether oxygens (including phenoxy) is 1. The highest BCUT2D eigenvalue weighted by atomic mass is 35.5. The quantitative estimate of drug-likeness (QED) is 0.928. The minimum absolute atomic E-state index is 0.187. The molecule has 2 unspecified atom stereocenters. The number of hydrogen-bond acceptors (Lipinski definition) is 3. The van der Waals surface area contributed by atoms with Gasteiger partial charge in [0, 0.05) is 35.8 Å². The van der Waals surface area contributed by atoms with Crippen LogP contribution in [-0.4, -0.2) is 30.1 Å².